The van der Waals surface area contributed by atoms with Crippen molar-refractivity contribution in [1.29, 1.82) is 0 Å². The molecule has 0 bridgehead atoms. The van der Waals surface area contributed by atoms with E-state index in [2.05, 4.69) is 5.32 Å². The van der Waals surface area contributed by atoms with Crippen LogP contribution in [0.3, 0.4) is 0 Å². The number of amides is 3. The Morgan fingerprint density at radius 1 is 0.963 bits per heavy atom. The van der Waals surface area contributed by atoms with E-state index in [1.807, 2.05) is 20.8 Å². The Bertz CT molecular complexity index is 596. The van der Waals surface area contributed by atoms with Crippen LogP contribution >= 0.6 is 0 Å². The van der Waals surface area contributed by atoms with Gasteiger partial charge in [-0.25, -0.2) is 14.5 Å². The molecule has 3 N–H and O–H groups in total. The maximum Gasteiger partial charge on any atom is 0.418 e. The number of nitrogens with zero attached hydrogens (tertiary/aromatic N) is 1. The molecule has 0 atom stereocenters. The minimum Gasteiger partial charge on any atom is -0.490 e. The highest BCUT2D eigenvalue weighted by Gasteiger charge is 2.23. The number of anilines is 1. The molecule has 1 aromatic rings. The number of ether oxygens (including phenoxy) is 4. The average Bonchev–Trinajstić information content (AvgIpc) is 2.63. The molecule has 1 aromatic carbocycles. The lowest BCUT2D eigenvalue weighted by molar-refractivity contribution is 0.118. The van der Waals surface area contributed by atoms with Crippen molar-refractivity contribution in [2.45, 2.75) is 27.7 Å². The molecule has 9 heteroatoms. The maximum atomic E-state index is 12.5. The molecule has 1 rings (SSSR count). The zero-order valence-corrected chi connectivity index (χ0v) is 16.4. The van der Waals surface area contributed by atoms with Crippen molar-refractivity contribution in [2.24, 2.45) is 5.73 Å². The van der Waals surface area contributed by atoms with E-state index in [1.54, 1.807) is 19.1 Å². The molecule has 0 fully saturated rings. The minimum atomic E-state index is -0.763. The Balaban J connectivity index is 3.16. The highest BCUT2D eigenvalue weighted by atomic mass is 16.6. The Hall–Kier alpha value is -2.68. The van der Waals surface area contributed by atoms with Crippen LogP contribution in [-0.2, 0) is 4.74 Å². The zero-order chi connectivity index (χ0) is 20.2. The molecule has 0 aromatic heterocycles. The van der Waals surface area contributed by atoms with Gasteiger partial charge in [0.15, 0.2) is 11.5 Å². The van der Waals surface area contributed by atoms with Gasteiger partial charge in [-0.1, -0.05) is 0 Å². The standard InChI is InChI=1S/C18H29N3O6/c1-5-24-14-11-13(12-15(25-6-2)16(14)26-7-3)20-17(22)21(10-9-19)18(23)27-8-4/h11-12H,5-10,19H2,1-4H3,(H,20,22). The van der Waals surface area contributed by atoms with Crippen LogP contribution in [0.2, 0.25) is 0 Å². The van der Waals surface area contributed by atoms with E-state index in [-0.39, 0.29) is 19.7 Å². The fourth-order valence-corrected chi connectivity index (χ4v) is 2.26. The van der Waals surface area contributed by atoms with Crippen LogP contribution in [0.5, 0.6) is 17.2 Å². The molecule has 0 spiro atoms. The number of hydrogen-bond acceptors (Lipinski definition) is 7. The highest BCUT2D eigenvalue weighted by molar-refractivity contribution is 5.99. The summed E-state index contributed by atoms with van der Waals surface area (Å²) in [5.74, 6) is 1.33. The Kier molecular flexibility index (Phi) is 9.81. The fraction of sp³-hybridized carbons (Fsp3) is 0.556. The Morgan fingerprint density at radius 2 is 1.52 bits per heavy atom. The van der Waals surface area contributed by atoms with Crippen LogP contribution in [-0.4, -0.2) is 56.5 Å². The van der Waals surface area contributed by atoms with Crippen LogP contribution in [0.4, 0.5) is 15.3 Å². The summed E-state index contributed by atoms with van der Waals surface area (Å²) in [6.45, 7) is 8.73. The van der Waals surface area contributed by atoms with Crippen LogP contribution in [0.15, 0.2) is 12.1 Å². The predicted molar refractivity (Wildman–Crippen MR) is 102 cm³/mol. The third-order valence-corrected chi connectivity index (χ3v) is 3.25. The van der Waals surface area contributed by atoms with Crippen molar-refractivity contribution in [3.8, 4) is 17.2 Å². The van der Waals surface area contributed by atoms with Crippen molar-refractivity contribution >= 4 is 17.8 Å². The average molecular weight is 383 g/mol. The third-order valence-electron chi connectivity index (χ3n) is 3.25. The van der Waals surface area contributed by atoms with Gasteiger partial charge in [-0.15, -0.1) is 0 Å². The molecule has 152 valence electrons. The van der Waals surface area contributed by atoms with E-state index in [4.69, 9.17) is 24.7 Å². The van der Waals surface area contributed by atoms with Gasteiger partial charge in [0, 0.05) is 25.2 Å². The van der Waals surface area contributed by atoms with Gasteiger partial charge in [0.25, 0.3) is 0 Å². The molecule has 0 aliphatic carbocycles. The SMILES string of the molecule is CCOC(=O)N(CCN)C(=O)Nc1cc(OCC)c(OCC)c(OCC)c1. The first-order valence-corrected chi connectivity index (χ1v) is 9.03. The molecular formula is C18H29N3O6. The van der Waals surface area contributed by atoms with E-state index in [0.717, 1.165) is 4.90 Å². The van der Waals surface area contributed by atoms with Gasteiger partial charge in [-0.2, -0.15) is 0 Å². The zero-order valence-electron chi connectivity index (χ0n) is 16.4. The summed E-state index contributed by atoms with van der Waals surface area (Å²) in [7, 11) is 0. The largest absolute Gasteiger partial charge is 0.490 e. The molecule has 9 nitrogen and oxygen atoms in total. The molecule has 27 heavy (non-hydrogen) atoms. The summed E-state index contributed by atoms with van der Waals surface area (Å²) >= 11 is 0. The molecule has 0 unspecified atom stereocenters. The van der Waals surface area contributed by atoms with Gasteiger partial charge in [-0.3, -0.25) is 0 Å². The molecule has 0 saturated carbocycles. The number of nitrogens with one attached hydrogen (secondary N) is 1. The Morgan fingerprint density at radius 3 is 1.96 bits per heavy atom. The molecule has 0 heterocycles. The van der Waals surface area contributed by atoms with Gasteiger partial charge < -0.3 is 30.0 Å². The second kappa shape index (κ2) is 11.8. The number of hydrogen-bond donors (Lipinski definition) is 2. The van der Waals surface area contributed by atoms with Crippen molar-refractivity contribution in [1.82, 2.24) is 4.90 Å². The number of carbonyl (C=O) groups is 2. The van der Waals surface area contributed by atoms with Crippen LogP contribution in [0.1, 0.15) is 27.7 Å². The highest BCUT2D eigenvalue weighted by Crippen LogP contribution is 2.40. The summed E-state index contributed by atoms with van der Waals surface area (Å²) in [5, 5.41) is 2.65. The lowest BCUT2D eigenvalue weighted by atomic mass is 10.2. The van der Waals surface area contributed by atoms with Gasteiger partial charge in [0.05, 0.1) is 32.1 Å². The van der Waals surface area contributed by atoms with E-state index in [0.29, 0.717) is 42.8 Å². The topological polar surface area (TPSA) is 112 Å². The van der Waals surface area contributed by atoms with E-state index in [9.17, 15) is 9.59 Å². The van der Waals surface area contributed by atoms with Crippen molar-refractivity contribution in [3.63, 3.8) is 0 Å². The number of rotatable bonds is 10. The first-order valence-electron chi connectivity index (χ1n) is 9.03. The Labute approximate surface area is 159 Å². The summed E-state index contributed by atoms with van der Waals surface area (Å²) in [6, 6.07) is 2.56. The van der Waals surface area contributed by atoms with E-state index >= 15 is 0 Å². The second-order valence-electron chi connectivity index (χ2n) is 5.17. The summed E-state index contributed by atoms with van der Waals surface area (Å²) < 4.78 is 21.7. The molecule has 0 radical (unpaired) electrons. The number of nitrogens with two attached hydrogens (primary N) is 1. The lowest BCUT2D eigenvalue weighted by Gasteiger charge is -2.21. The molecule has 3 amide bonds. The number of benzene rings is 1. The molecular weight excluding hydrogens is 354 g/mol. The monoisotopic (exact) mass is 383 g/mol. The van der Waals surface area contributed by atoms with Crippen LogP contribution < -0.4 is 25.3 Å². The molecule has 0 aliphatic heterocycles. The van der Waals surface area contributed by atoms with E-state index in [1.165, 1.54) is 0 Å². The van der Waals surface area contributed by atoms with Gasteiger partial charge >= 0.3 is 12.1 Å². The molecule has 0 saturated heterocycles. The third kappa shape index (κ3) is 6.52. The van der Waals surface area contributed by atoms with Crippen molar-refractivity contribution in [2.75, 3.05) is 44.8 Å². The first-order chi connectivity index (χ1) is 13.0. The van der Waals surface area contributed by atoms with Gasteiger partial charge in [0.2, 0.25) is 5.75 Å². The normalized spacial score (nSPS) is 10.1. The van der Waals surface area contributed by atoms with Gasteiger partial charge in [0.1, 0.15) is 0 Å². The van der Waals surface area contributed by atoms with Gasteiger partial charge in [-0.05, 0) is 27.7 Å². The summed E-state index contributed by atoms with van der Waals surface area (Å²) in [6.07, 6.45) is -0.763. The first kappa shape index (κ1) is 22.4. The number of carbonyl (C=O) groups excluding carboxylic acids is 2. The second-order valence-corrected chi connectivity index (χ2v) is 5.17. The van der Waals surface area contributed by atoms with Crippen molar-refractivity contribution in [3.05, 3.63) is 12.1 Å². The number of imide groups is 1. The fourth-order valence-electron chi connectivity index (χ4n) is 2.26. The molecule has 0 aliphatic rings. The predicted octanol–water partition coefficient (Wildman–Crippen LogP) is 2.83. The van der Waals surface area contributed by atoms with Crippen molar-refractivity contribution < 1.29 is 28.5 Å². The smallest absolute Gasteiger partial charge is 0.418 e. The maximum absolute atomic E-state index is 12.5. The summed E-state index contributed by atoms with van der Waals surface area (Å²) in [4.78, 5) is 25.4. The van der Waals surface area contributed by atoms with Crippen LogP contribution in [0, 0.1) is 0 Å². The van der Waals surface area contributed by atoms with E-state index < -0.39 is 12.1 Å². The minimum absolute atomic E-state index is 0.0261. The number of urea groups is 1. The van der Waals surface area contributed by atoms with Crippen LogP contribution in [0.25, 0.3) is 0 Å². The lowest BCUT2D eigenvalue weighted by Crippen LogP contribution is -2.43. The summed E-state index contributed by atoms with van der Waals surface area (Å²) in [5.41, 5.74) is 5.88. The quantitative estimate of drug-likeness (QED) is 0.639.